The summed E-state index contributed by atoms with van der Waals surface area (Å²) in [5, 5.41) is 2.77. The molecule has 0 unspecified atom stereocenters. The number of carbonyl (C=O) groups is 1. The number of anilines is 1. The molecule has 1 atom stereocenters. The third-order valence-electron chi connectivity index (χ3n) is 3.93. The van der Waals surface area contributed by atoms with Gasteiger partial charge >= 0.3 is 0 Å². The van der Waals surface area contributed by atoms with E-state index < -0.39 is 10.0 Å². The van der Waals surface area contributed by atoms with Crippen LogP contribution in [0.25, 0.3) is 0 Å². The van der Waals surface area contributed by atoms with Crippen LogP contribution in [0.5, 0.6) is 0 Å². The van der Waals surface area contributed by atoms with E-state index in [1.807, 2.05) is 32.0 Å². The van der Waals surface area contributed by atoms with Crippen LogP contribution in [0.15, 0.2) is 18.2 Å². The predicted octanol–water partition coefficient (Wildman–Crippen LogP) is 1.36. The molecule has 1 aromatic rings. The highest BCUT2D eigenvalue weighted by Gasteiger charge is 2.24. The monoisotopic (exact) mass is 340 g/mol. The van der Waals surface area contributed by atoms with Gasteiger partial charge in [-0.05, 0) is 37.8 Å². The van der Waals surface area contributed by atoms with Gasteiger partial charge in [-0.2, -0.15) is 0 Å². The zero-order valence-electron chi connectivity index (χ0n) is 13.8. The Bertz CT molecular complexity index is 646. The number of sulfonamides is 1. The van der Waals surface area contributed by atoms with Gasteiger partial charge in [0.05, 0.1) is 18.0 Å². The minimum absolute atomic E-state index is 0.0332. The number of amides is 1. The molecule has 0 radical (unpaired) electrons. The molecule has 1 fully saturated rings. The second-order valence-electron chi connectivity index (χ2n) is 5.95. The molecule has 0 aromatic heterocycles. The Morgan fingerprint density at radius 3 is 2.52 bits per heavy atom. The summed E-state index contributed by atoms with van der Waals surface area (Å²) >= 11 is 0. The molecule has 0 saturated carbocycles. The van der Waals surface area contributed by atoms with Gasteiger partial charge in [0.1, 0.15) is 6.54 Å². The first kappa shape index (κ1) is 17.7. The Labute approximate surface area is 137 Å². The lowest BCUT2D eigenvalue weighted by Gasteiger charge is -2.25. The van der Waals surface area contributed by atoms with Gasteiger partial charge in [0.2, 0.25) is 15.9 Å². The van der Waals surface area contributed by atoms with Crippen LogP contribution in [0.1, 0.15) is 24.0 Å². The minimum Gasteiger partial charge on any atom is -0.376 e. The van der Waals surface area contributed by atoms with Crippen LogP contribution < -0.4 is 9.62 Å². The molecule has 128 valence electrons. The number of ether oxygens (including phenoxy) is 1. The average Bonchev–Trinajstić information content (AvgIpc) is 2.96. The summed E-state index contributed by atoms with van der Waals surface area (Å²) in [5.41, 5.74) is 2.21. The molecular weight excluding hydrogens is 316 g/mol. The van der Waals surface area contributed by atoms with Gasteiger partial charge in [0.15, 0.2) is 0 Å². The van der Waals surface area contributed by atoms with Crippen molar-refractivity contribution in [2.75, 3.05) is 30.3 Å². The van der Waals surface area contributed by atoms with Crippen LogP contribution in [-0.4, -0.2) is 46.4 Å². The molecule has 2 rings (SSSR count). The number of benzene rings is 1. The molecule has 7 heteroatoms. The maximum atomic E-state index is 12.2. The van der Waals surface area contributed by atoms with Crippen LogP contribution in [0.2, 0.25) is 0 Å². The van der Waals surface area contributed by atoms with Gasteiger partial charge in [0, 0.05) is 13.2 Å². The highest BCUT2D eigenvalue weighted by molar-refractivity contribution is 7.92. The fraction of sp³-hybridized carbons (Fsp3) is 0.562. The zero-order valence-corrected chi connectivity index (χ0v) is 14.6. The summed E-state index contributed by atoms with van der Waals surface area (Å²) in [6.07, 6.45) is 3.07. The number of carbonyl (C=O) groups excluding carboxylic acids is 1. The maximum Gasteiger partial charge on any atom is 0.240 e. The lowest BCUT2D eigenvalue weighted by molar-refractivity contribution is -0.120. The largest absolute Gasteiger partial charge is 0.376 e. The molecule has 1 aliphatic rings. The molecule has 1 N–H and O–H groups in total. The molecule has 6 nitrogen and oxygen atoms in total. The Morgan fingerprint density at radius 1 is 1.35 bits per heavy atom. The van der Waals surface area contributed by atoms with Crippen molar-refractivity contribution in [3.05, 3.63) is 29.3 Å². The maximum absolute atomic E-state index is 12.2. The molecule has 0 spiro atoms. The molecule has 1 aromatic carbocycles. The fourth-order valence-corrected chi connectivity index (χ4v) is 3.75. The first-order valence-corrected chi connectivity index (χ1v) is 9.56. The SMILES string of the molecule is Cc1cccc(C)c1N(CC(=O)NC[C@@H]1CCCO1)S(C)(=O)=O. The Hall–Kier alpha value is -1.60. The first-order chi connectivity index (χ1) is 10.8. The van der Waals surface area contributed by atoms with E-state index in [4.69, 9.17) is 4.74 Å². The van der Waals surface area contributed by atoms with Crippen molar-refractivity contribution in [2.24, 2.45) is 0 Å². The molecule has 1 saturated heterocycles. The number of aryl methyl sites for hydroxylation is 2. The second kappa shape index (κ2) is 7.31. The molecular formula is C16H24N2O4S. The van der Waals surface area contributed by atoms with E-state index in [1.54, 1.807) is 0 Å². The van der Waals surface area contributed by atoms with Crippen LogP contribution in [0.3, 0.4) is 0 Å². The number of hydrogen-bond donors (Lipinski definition) is 1. The highest BCUT2D eigenvalue weighted by Crippen LogP contribution is 2.26. The molecule has 1 aliphatic heterocycles. The summed E-state index contributed by atoms with van der Waals surface area (Å²) in [6.45, 7) is 4.59. The van der Waals surface area contributed by atoms with E-state index in [2.05, 4.69) is 5.32 Å². The standard InChI is InChI=1S/C16H24N2O4S/c1-12-6-4-7-13(2)16(12)18(23(3,20)21)11-15(19)17-10-14-8-5-9-22-14/h4,6-7,14H,5,8-11H2,1-3H3,(H,17,19)/t14-/m0/s1. The second-order valence-corrected chi connectivity index (χ2v) is 7.86. The van der Waals surface area contributed by atoms with E-state index in [1.165, 1.54) is 4.31 Å². The van der Waals surface area contributed by atoms with Gasteiger partial charge in [-0.1, -0.05) is 18.2 Å². The smallest absolute Gasteiger partial charge is 0.240 e. The summed E-state index contributed by atoms with van der Waals surface area (Å²) < 4.78 is 30.9. The lowest BCUT2D eigenvalue weighted by atomic mass is 10.1. The number of hydrogen-bond acceptors (Lipinski definition) is 4. The molecule has 1 amide bonds. The van der Waals surface area contributed by atoms with E-state index >= 15 is 0 Å². The summed E-state index contributed by atoms with van der Waals surface area (Å²) in [4.78, 5) is 12.2. The van der Waals surface area contributed by atoms with Crippen LogP contribution in [0.4, 0.5) is 5.69 Å². The van der Waals surface area contributed by atoms with Gasteiger partial charge in [-0.3, -0.25) is 9.10 Å². The number of para-hydroxylation sites is 1. The van der Waals surface area contributed by atoms with E-state index in [9.17, 15) is 13.2 Å². The lowest BCUT2D eigenvalue weighted by Crippen LogP contribution is -2.43. The first-order valence-electron chi connectivity index (χ1n) is 7.71. The normalized spacial score (nSPS) is 18.0. The third-order valence-corrected chi connectivity index (χ3v) is 5.04. The van der Waals surface area contributed by atoms with Crippen LogP contribution in [-0.2, 0) is 19.6 Å². The van der Waals surface area contributed by atoms with Crippen molar-refractivity contribution in [3.63, 3.8) is 0 Å². The number of nitrogens with zero attached hydrogens (tertiary/aromatic N) is 1. The van der Waals surface area contributed by atoms with Gasteiger partial charge in [-0.25, -0.2) is 8.42 Å². The van der Waals surface area contributed by atoms with Crippen molar-refractivity contribution >= 4 is 21.6 Å². The van der Waals surface area contributed by atoms with Crippen molar-refractivity contribution in [1.29, 1.82) is 0 Å². The Kier molecular flexibility index (Phi) is 5.64. The molecule has 0 aliphatic carbocycles. The fourth-order valence-electron chi connectivity index (χ4n) is 2.78. The van der Waals surface area contributed by atoms with Crippen LogP contribution in [0, 0.1) is 13.8 Å². The van der Waals surface area contributed by atoms with Crippen molar-refractivity contribution in [2.45, 2.75) is 32.8 Å². The van der Waals surface area contributed by atoms with E-state index in [0.717, 1.165) is 36.8 Å². The van der Waals surface area contributed by atoms with E-state index in [0.29, 0.717) is 12.2 Å². The van der Waals surface area contributed by atoms with Crippen molar-refractivity contribution in [1.82, 2.24) is 5.32 Å². The summed E-state index contributed by atoms with van der Waals surface area (Å²) in [5.74, 6) is -0.325. The third kappa shape index (κ3) is 4.68. The van der Waals surface area contributed by atoms with Gasteiger partial charge in [0.25, 0.3) is 0 Å². The quantitative estimate of drug-likeness (QED) is 0.848. The molecule has 23 heavy (non-hydrogen) atoms. The van der Waals surface area contributed by atoms with Gasteiger partial charge in [-0.15, -0.1) is 0 Å². The summed E-state index contributed by atoms with van der Waals surface area (Å²) in [7, 11) is -3.55. The van der Waals surface area contributed by atoms with Crippen molar-refractivity contribution in [3.8, 4) is 0 Å². The predicted molar refractivity (Wildman–Crippen MR) is 90.1 cm³/mol. The van der Waals surface area contributed by atoms with Gasteiger partial charge < -0.3 is 10.1 Å². The zero-order chi connectivity index (χ0) is 17.0. The topological polar surface area (TPSA) is 75.7 Å². The van der Waals surface area contributed by atoms with Crippen molar-refractivity contribution < 1.29 is 17.9 Å². The Morgan fingerprint density at radius 2 is 2.00 bits per heavy atom. The highest BCUT2D eigenvalue weighted by atomic mass is 32.2. The van der Waals surface area contributed by atoms with Crippen LogP contribution >= 0.6 is 0 Å². The minimum atomic E-state index is -3.55. The molecule has 1 heterocycles. The van der Waals surface area contributed by atoms with E-state index in [-0.39, 0.29) is 18.6 Å². The number of rotatable bonds is 6. The number of nitrogens with one attached hydrogen (secondary N) is 1. The summed E-state index contributed by atoms with van der Waals surface area (Å²) in [6, 6.07) is 5.54. The molecule has 0 bridgehead atoms. The Balaban J connectivity index is 2.12. The average molecular weight is 340 g/mol.